The first-order chi connectivity index (χ1) is 39.6. The van der Waals surface area contributed by atoms with E-state index in [1.807, 2.05) is 21.1 Å². The number of allylic oxidation sites excluding steroid dienone is 10. The highest BCUT2D eigenvalue weighted by molar-refractivity contribution is 5.71. The number of hydrogen-bond acceptors (Lipinski definition) is 7. The average molecular weight is 1140 g/mol. The molecular weight excluding hydrogens is 1010 g/mol. The molecule has 0 aromatic heterocycles. The molecule has 0 saturated heterocycles. The van der Waals surface area contributed by atoms with Crippen molar-refractivity contribution in [3.63, 3.8) is 0 Å². The van der Waals surface area contributed by atoms with E-state index in [0.29, 0.717) is 23.9 Å². The summed E-state index contributed by atoms with van der Waals surface area (Å²) in [5.41, 5.74) is 0. The molecule has 0 heterocycles. The molecule has 0 saturated carbocycles. The van der Waals surface area contributed by atoms with E-state index in [9.17, 15) is 19.5 Å². The van der Waals surface area contributed by atoms with Gasteiger partial charge in [-0.3, -0.25) is 9.59 Å². The molecule has 0 spiro atoms. The van der Waals surface area contributed by atoms with Crippen LogP contribution < -0.4 is 0 Å². The summed E-state index contributed by atoms with van der Waals surface area (Å²) in [4.78, 5) is 37.5. The van der Waals surface area contributed by atoms with Crippen LogP contribution in [0.4, 0.5) is 0 Å². The minimum Gasteiger partial charge on any atom is -0.477 e. The highest BCUT2D eigenvalue weighted by Crippen LogP contribution is 2.18. The molecule has 9 nitrogen and oxygen atoms in total. The number of carbonyl (C=O) groups is 3. The molecule has 0 amide bonds. The van der Waals surface area contributed by atoms with Crippen LogP contribution in [0, 0.1) is 0 Å². The Morgan fingerprint density at radius 2 is 0.704 bits per heavy atom. The number of hydrogen-bond donors (Lipinski definition) is 1. The third-order valence-electron chi connectivity index (χ3n) is 15.3. The van der Waals surface area contributed by atoms with Gasteiger partial charge in [0.05, 0.1) is 34.4 Å². The van der Waals surface area contributed by atoms with Gasteiger partial charge < -0.3 is 28.5 Å². The maximum absolute atomic E-state index is 12.9. The van der Waals surface area contributed by atoms with Crippen molar-refractivity contribution in [1.29, 1.82) is 0 Å². The first kappa shape index (κ1) is 78.0. The summed E-state index contributed by atoms with van der Waals surface area (Å²) in [7, 11) is 5.97. The lowest BCUT2D eigenvalue weighted by Gasteiger charge is -2.25. The summed E-state index contributed by atoms with van der Waals surface area (Å²) >= 11 is 0. The number of esters is 2. The number of carboxylic acids is 1. The van der Waals surface area contributed by atoms with E-state index >= 15 is 0 Å². The molecule has 9 heteroatoms. The van der Waals surface area contributed by atoms with Gasteiger partial charge in [-0.05, 0) is 57.8 Å². The number of ether oxygens (including phenoxy) is 4. The van der Waals surface area contributed by atoms with Gasteiger partial charge in [0.15, 0.2) is 6.10 Å². The molecule has 0 aliphatic heterocycles. The maximum Gasteiger partial charge on any atom is 0.361 e. The fraction of sp³-hybridized carbons (Fsp3) is 0.819. The first-order valence-electron chi connectivity index (χ1n) is 34.5. The molecule has 81 heavy (non-hydrogen) atoms. The fourth-order valence-corrected chi connectivity index (χ4v) is 10.0. The Morgan fingerprint density at radius 1 is 0.383 bits per heavy atom. The molecule has 0 fully saturated rings. The van der Waals surface area contributed by atoms with Gasteiger partial charge in [0.1, 0.15) is 13.2 Å². The van der Waals surface area contributed by atoms with Crippen molar-refractivity contribution < 1.29 is 42.9 Å². The van der Waals surface area contributed by atoms with Gasteiger partial charge in [-0.25, -0.2) is 4.79 Å². The lowest BCUT2D eigenvalue weighted by atomic mass is 10.0. The van der Waals surface area contributed by atoms with Gasteiger partial charge in [0, 0.05) is 12.8 Å². The highest BCUT2D eigenvalue weighted by atomic mass is 16.7. The second-order valence-electron chi connectivity index (χ2n) is 24.5. The second-order valence-corrected chi connectivity index (χ2v) is 24.5. The SMILES string of the molecule is CC/C=C\C/C=C\C/C=C\C/C=C\C/C=C\CCCCCCCC(=O)OC(COC(=O)CCCCCCCCCCCCCCCCCCCCCCCCCCCCCCCCCCCCC)COC(OCC[N+](C)(C)C)C(=O)O. The van der Waals surface area contributed by atoms with Crippen molar-refractivity contribution in [2.24, 2.45) is 0 Å². The van der Waals surface area contributed by atoms with Crippen molar-refractivity contribution in [3.8, 4) is 0 Å². The summed E-state index contributed by atoms with van der Waals surface area (Å²) < 4.78 is 22.9. The van der Waals surface area contributed by atoms with Gasteiger partial charge in [-0.15, -0.1) is 0 Å². The topological polar surface area (TPSA) is 108 Å². The van der Waals surface area contributed by atoms with Crippen LogP contribution in [0.5, 0.6) is 0 Å². The summed E-state index contributed by atoms with van der Waals surface area (Å²) in [6.45, 7) is 4.78. The Balaban J connectivity index is 4.04. The number of likely N-dealkylation sites (N-methyl/N-ethyl adjacent to an activating group) is 1. The van der Waals surface area contributed by atoms with Gasteiger partial charge >= 0.3 is 17.9 Å². The Kier molecular flexibility index (Phi) is 60.7. The third-order valence-corrected chi connectivity index (χ3v) is 15.3. The largest absolute Gasteiger partial charge is 0.477 e. The molecule has 0 aliphatic carbocycles. The summed E-state index contributed by atoms with van der Waals surface area (Å²) in [5.74, 6) is -2.02. The van der Waals surface area contributed by atoms with E-state index in [0.717, 1.165) is 83.5 Å². The summed E-state index contributed by atoms with van der Waals surface area (Å²) in [5, 5.41) is 9.73. The monoisotopic (exact) mass is 1140 g/mol. The number of carbonyl (C=O) groups excluding carboxylic acids is 2. The predicted molar refractivity (Wildman–Crippen MR) is 346 cm³/mol. The molecule has 2 atom stereocenters. The van der Waals surface area contributed by atoms with Crippen LogP contribution in [0.3, 0.4) is 0 Å². The standard InChI is InChI=1S/C72H131NO8/c1-6-8-10-12-14-16-18-20-22-24-26-28-29-30-31-32-33-34-35-36-37-38-39-40-41-43-44-46-48-50-52-54-56-58-60-62-69(74)79-66-68(67-80-72(71(76)77)78-65-64-73(3,4)5)81-70(75)63-61-59-57-55-53-51-49-47-45-42-27-25-23-21-19-17-15-13-11-9-7-2/h9,11,15,17,21,23,27,42,47,49,68,72H,6-8,10,12-14,16,18-20,22,24-26,28-41,43-46,48,50-67H2,1-5H3/p+1/b11-9-,17-15-,23-21-,42-27-,49-47-. The summed E-state index contributed by atoms with van der Waals surface area (Å²) in [6.07, 6.45) is 79.2. The van der Waals surface area contributed by atoms with Crippen LogP contribution >= 0.6 is 0 Å². The fourth-order valence-electron chi connectivity index (χ4n) is 10.0. The van der Waals surface area contributed by atoms with Crippen LogP contribution in [0.15, 0.2) is 60.8 Å². The number of unbranched alkanes of at least 4 members (excludes halogenated alkanes) is 39. The normalized spacial score (nSPS) is 13.0. The highest BCUT2D eigenvalue weighted by Gasteiger charge is 2.25. The molecule has 0 radical (unpaired) electrons. The van der Waals surface area contributed by atoms with Gasteiger partial charge in [-0.2, -0.15) is 0 Å². The zero-order valence-corrected chi connectivity index (χ0v) is 53.9. The maximum atomic E-state index is 12.9. The van der Waals surface area contributed by atoms with Crippen LogP contribution in [0.2, 0.25) is 0 Å². The Hall–Kier alpha value is -3.01. The molecule has 0 bridgehead atoms. The number of rotatable bonds is 64. The molecule has 472 valence electrons. The van der Waals surface area contributed by atoms with Crippen molar-refractivity contribution in [2.75, 3.05) is 47.5 Å². The van der Waals surface area contributed by atoms with Gasteiger partial charge in [0.2, 0.25) is 0 Å². The van der Waals surface area contributed by atoms with Gasteiger partial charge in [0.25, 0.3) is 6.29 Å². The predicted octanol–water partition coefficient (Wildman–Crippen LogP) is 21.1. The number of quaternary nitrogens is 1. The molecule has 2 unspecified atom stereocenters. The van der Waals surface area contributed by atoms with Crippen molar-refractivity contribution in [1.82, 2.24) is 0 Å². The molecule has 0 aromatic carbocycles. The number of aliphatic carboxylic acids is 1. The third kappa shape index (κ3) is 64.4. The van der Waals surface area contributed by atoms with Crippen LogP contribution in [-0.2, 0) is 33.3 Å². The van der Waals surface area contributed by atoms with Crippen molar-refractivity contribution in [3.05, 3.63) is 60.8 Å². The van der Waals surface area contributed by atoms with Crippen LogP contribution in [-0.4, -0.2) is 87.4 Å². The zero-order valence-electron chi connectivity index (χ0n) is 53.9. The minimum atomic E-state index is -1.52. The van der Waals surface area contributed by atoms with Crippen molar-refractivity contribution >= 4 is 17.9 Å². The van der Waals surface area contributed by atoms with E-state index in [1.165, 1.54) is 205 Å². The minimum absolute atomic E-state index is 0.183. The van der Waals surface area contributed by atoms with E-state index < -0.39 is 24.3 Å². The van der Waals surface area contributed by atoms with E-state index in [4.69, 9.17) is 18.9 Å². The van der Waals surface area contributed by atoms with Crippen LogP contribution in [0.25, 0.3) is 0 Å². The number of carboxylic acid groups (broad SMARTS) is 1. The van der Waals surface area contributed by atoms with Crippen LogP contribution in [0.1, 0.15) is 322 Å². The average Bonchev–Trinajstić information content (AvgIpc) is 3.44. The van der Waals surface area contributed by atoms with E-state index in [2.05, 4.69) is 74.6 Å². The Bertz CT molecular complexity index is 1510. The van der Waals surface area contributed by atoms with E-state index in [-0.39, 0.29) is 32.2 Å². The molecular formula is C72H132NO8+. The Morgan fingerprint density at radius 3 is 1.05 bits per heavy atom. The molecule has 1 N–H and O–H groups in total. The zero-order chi connectivity index (χ0) is 59.1. The number of nitrogens with zero attached hydrogens (tertiary/aromatic N) is 1. The Labute approximate surface area is 501 Å². The summed E-state index contributed by atoms with van der Waals surface area (Å²) in [6, 6.07) is 0. The lowest BCUT2D eigenvalue weighted by molar-refractivity contribution is -0.870. The first-order valence-corrected chi connectivity index (χ1v) is 34.5. The van der Waals surface area contributed by atoms with E-state index in [1.54, 1.807) is 0 Å². The molecule has 0 aliphatic rings. The smallest absolute Gasteiger partial charge is 0.361 e. The van der Waals surface area contributed by atoms with Gasteiger partial charge in [-0.1, -0.05) is 312 Å². The molecule has 0 rings (SSSR count). The lowest BCUT2D eigenvalue weighted by Crippen LogP contribution is -2.40. The van der Waals surface area contributed by atoms with Crippen molar-refractivity contribution in [2.45, 2.75) is 334 Å². The molecule has 0 aromatic rings. The second kappa shape index (κ2) is 63.0. The quantitative estimate of drug-likeness (QED) is 0.0211.